The highest BCUT2D eigenvalue weighted by Crippen LogP contribution is 2.34. The molecule has 0 saturated carbocycles. The second kappa shape index (κ2) is 9.06. The number of rotatable bonds is 4. The van der Waals surface area contributed by atoms with Crippen LogP contribution in [-0.2, 0) is 9.53 Å². The average molecular weight is 459 g/mol. The molecule has 1 fully saturated rings. The number of benzene rings is 2. The van der Waals surface area contributed by atoms with Crippen LogP contribution in [0.5, 0.6) is 0 Å². The Bertz CT molecular complexity index is 1320. The standard InChI is InChI=1S/C27H30N4O3/c1-4-25(32)31-24(19-7-5-17(2)6-8-19)16-23(29-31)26-18(3)21-10-9-20(15-22(21)28-27(26)33)30-11-13-34-14-12-30/h5-10,15,24H,4,11-14,16H2,1-3H3,(H,28,33). The molecule has 2 aliphatic rings. The SMILES string of the molecule is CCC(=O)N1N=C(c2c(C)c3ccc(N4CCOCC4)cc3[nH]c2=O)CC1c1ccc(C)cc1. The number of H-pyrrole nitrogens is 1. The Morgan fingerprint density at radius 2 is 1.85 bits per heavy atom. The lowest BCUT2D eigenvalue weighted by Gasteiger charge is -2.29. The highest BCUT2D eigenvalue weighted by atomic mass is 16.5. The van der Waals surface area contributed by atoms with Crippen molar-refractivity contribution in [1.82, 2.24) is 9.99 Å². The number of carbonyl (C=O) groups is 1. The van der Waals surface area contributed by atoms with E-state index in [1.165, 1.54) is 0 Å². The Balaban J connectivity index is 1.54. The zero-order valence-electron chi connectivity index (χ0n) is 19.9. The van der Waals surface area contributed by atoms with Crippen LogP contribution in [0.15, 0.2) is 52.4 Å². The molecular weight excluding hydrogens is 428 g/mol. The van der Waals surface area contributed by atoms with Gasteiger partial charge in [0.25, 0.3) is 5.56 Å². The van der Waals surface area contributed by atoms with Gasteiger partial charge in [-0.15, -0.1) is 0 Å². The third-order valence-corrected chi connectivity index (χ3v) is 6.85. The fourth-order valence-corrected chi connectivity index (χ4v) is 4.92. The molecule has 1 N–H and O–H groups in total. The predicted molar refractivity (Wildman–Crippen MR) is 135 cm³/mol. The summed E-state index contributed by atoms with van der Waals surface area (Å²) in [7, 11) is 0. The van der Waals surface area contributed by atoms with Crippen molar-refractivity contribution in [2.45, 2.75) is 39.7 Å². The lowest BCUT2D eigenvalue weighted by Crippen LogP contribution is -2.36. The van der Waals surface area contributed by atoms with Gasteiger partial charge >= 0.3 is 0 Å². The van der Waals surface area contributed by atoms with E-state index in [0.29, 0.717) is 37.3 Å². The molecule has 34 heavy (non-hydrogen) atoms. The molecule has 1 atom stereocenters. The number of fused-ring (bicyclic) bond motifs is 1. The molecule has 1 unspecified atom stereocenters. The maximum absolute atomic E-state index is 13.3. The minimum atomic E-state index is -0.207. The molecule has 3 heterocycles. The first-order valence-electron chi connectivity index (χ1n) is 11.9. The van der Waals surface area contributed by atoms with E-state index in [4.69, 9.17) is 4.74 Å². The molecule has 0 spiro atoms. The molecule has 7 heteroatoms. The Morgan fingerprint density at radius 3 is 2.56 bits per heavy atom. The van der Waals surface area contributed by atoms with Gasteiger partial charge in [-0.3, -0.25) is 9.59 Å². The Kier molecular flexibility index (Phi) is 5.96. The highest BCUT2D eigenvalue weighted by Gasteiger charge is 2.34. The molecule has 1 saturated heterocycles. The van der Waals surface area contributed by atoms with Crippen LogP contribution < -0.4 is 10.5 Å². The van der Waals surface area contributed by atoms with E-state index in [1.807, 2.05) is 51.1 Å². The minimum absolute atomic E-state index is 0.0504. The number of carbonyl (C=O) groups excluding carboxylic acids is 1. The summed E-state index contributed by atoms with van der Waals surface area (Å²) in [6, 6.07) is 14.2. The summed E-state index contributed by atoms with van der Waals surface area (Å²) in [6.07, 6.45) is 0.868. The fraction of sp³-hybridized carbons (Fsp3) is 0.370. The molecular formula is C27H30N4O3. The van der Waals surface area contributed by atoms with Crippen LogP contribution in [-0.4, -0.2) is 47.9 Å². The molecule has 0 radical (unpaired) electrons. The number of hydrazone groups is 1. The van der Waals surface area contributed by atoms with Crippen LogP contribution in [0.4, 0.5) is 5.69 Å². The van der Waals surface area contributed by atoms with Crippen molar-refractivity contribution in [2.75, 3.05) is 31.2 Å². The second-order valence-electron chi connectivity index (χ2n) is 9.05. The Labute approximate surface area is 199 Å². The molecule has 3 aromatic rings. The van der Waals surface area contributed by atoms with Crippen molar-refractivity contribution in [3.63, 3.8) is 0 Å². The number of anilines is 1. The molecule has 2 aromatic carbocycles. The molecule has 2 aliphatic heterocycles. The summed E-state index contributed by atoms with van der Waals surface area (Å²) in [4.78, 5) is 31.4. The molecule has 0 aliphatic carbocycles. The first-order valence-corrected chi connectivity index (χ1v) is 11.9. The fourth-order valence-electron chi connectivity index (χ4n) is 4.92. The predicted octanol–water partition coefficient (Wildman–Crippen LogP) is 4.07. The van der Waals surface area contributed by atoms with E-state index in [0.717, 1.165) is 46.4 Å². The van der Waals surface area contributed by atoms with Crippen molar-refractivity contribution in [1.29, 1.82) is 0 Å². The van der Waals surface area contributed by atoms with Crippen LogP contribution in [0.3, 0.4) is 0 Å². The van der Waals surface area contributed by atoms with Crippen LogP contribution in [0.2, 0.25) is 0 Å². The molecule has 7 nitrogen and oxygen atoms in total. The average Bonchev–Trinajstić information content (AvgIpc) is 3.29. The van der Waals surface area contributed by atoms with E-state index in [1.54, 1.807) is 5.01 Å². The lowest BCUT2D eigenvalue weighted by atomic mass is 9.94. The first kappa shape index (κ1) is 22.3. The van der Waals surface area contributed by atoms with E-state index in [-0.39, 0.29) is 17.5 Å². The van der Waals surface area contributed by atoms with Gasteiger partial charge in [0, 0.05) is 37.0 Å². The van der Waals surface area contributed by atoms with Gasteiger partial charge in [-0.2, -0.15) is 5.10 Å². The quantitative estimate of drug-likeness (QED) is 0.639. The summed E-state index contributed by atoms with van der Waals surface area (Å²) in [5.74, 6) is -0.0504. The Hall–Kier alpha value is -3.45. The molecule has 176 valence electrons. The van der Waals surface area contributed by atoms with Gasteiger partial charge in [0.1, 0.15) is 0 Å². The summed E-state index contributed by atoms with van der Waals surface area (Å²) in [6.45, 7) is 8.94. The van der Waals surface area contributed by atoms with Crippen molar-refractivity contribution < 1.29 is 9.53 Å². The maximum Gasteiger partial charge on any atom is 0.257 e. The lowest BCUT2D eigenvalue weighted by molar-refractivity contribution is -0.132. The van der Waals surface area contributed by atoms with Crippen LogP contribution in [0.1, 0.15) is 48.1 Å². The minimum Gasteiger partial charge on any atom is -0.378 e. The molecule has 5 rings (SSSR count). The number of pyridine rings is 1. The van der Waals surface area contributed by atoms with E-state index >= 15 is 0 Å². The number of nitrogens with one attached hydrogen (secondary N) is 1. The number of nitrogens with zero attached hydrogens (tertiary/aromatic N) is 3. The van der Waals surface area contributed by atoms with Gasteiger partial charge in [0.05, 0.1) is 36.0 Å². The van der Waals surface area contributed by atoms with E-state index in [2.05, 4.69) is 27.1 Å². The van der Waals surface area contributed by atoms with Crippen LogP contribution in [0, 0.1) is 13.8 Å². The molecule has 1 amide bonds. The van der Waals surface area contributed by atoms with Gasteiger partial charge in [-0.05, 0) is 37.1 Å². The molecule has 0 bridgehead atoms. The van der Waals surface area contributed by atoms with Crippen molar-refractivity contribution in [2.24, 2.45) is 5.10 Å². The number of amides is 1. The normalized spacial score (nSPS) is 18.4. The number of aryl methyl sites for hydroxylation is 2. The van der Waals surface area contributed by atoms with E-state index in [9.17, 15) is 9.59 Å². The monoisotopic (exact) mass is 458 g/mol. The number of hydrogen-bond acceptors (Lipinski definition) is 5. The smallest absolute Gasteiger partial charge is 0.257 e. The van der Waals surface area contributed by atoms with Gasteiger partial charge in [0.2, 0.25) is 5.91 Å². The topological polar surface area (TPSA) is 78.0 Å². The summed E-state index contributed by atoms with van der Waals surface area (Å²) in [5, 5.41) is 7.23. The van der Waals surface area contributed by atoms with Gasteiger partial charge in [0.15, 0.2) is 0 Å². The van der Waals surface area contributed by atoms with Crippen molar-refractivity contribution in [3.05, 3.63) is 75.1 Å². The summed E-state index contributed by atoms with van der Waals surface area (Å²) in [5.41, 5.74) is 6.02. The third-order valence-electron chi connectivity index (χ3n) is 6.85. The summed E-state index contributed by atoms with van der Waals surface area (Å²) < 4.78 is 5.46. The van der Waals surface area contributed by atoms with Gasteiger partial charge in [-0.1, -0.05) is 42.8 Å². The number of aromatic nitrogens is 1. The molecule has 1 aromatic heterocycles. The number of morpholine rings is 1. The van der Waals surface area contributed by atoms with Crippen LogP contribution in [0.25, 0.3) is 10.9 Å². The Morgan fingerprint density at radius 1 is 1.12 bits per heavy atom. The zero-order valence-corrected chi connectivity index (χ0v) is 19.9. The van der Waals surface area contributed by atoms with E-state index < -0.39 is 0 Å². The van der Waals surface area contributed by atoms with Gasteiger partial charge in [-0.25, -0.2) is 5.01 Å². The number of hydrogen-bond donors (Lipinski definition) is 1. The van der Waals surface area contributed by atoms with Crippen molar-refractivity contribution >= 4 is 28.2 Å². The highest BCUT2D eigenvalue weighted by molar-refractivity contribution is 6.06. The maximum atomic E-state index is 13.3. The largest absolute Gasteiger partial charge is 0.378 e. The zero-order chi connectivity index (χ0) is 23.8. The number of aromatic amines is 1. The summed E-state index contributed by atoms with van der Waals surface area (Å²) >= 11 is 0. The van der Waals surface area contributed by atoms with Crippen LogP contribution >= 0.6 is 0 Å². The van der Waals surface area contributed by atoms with Crippen molar-refractivity contribution in [3.8, 4) is 0 Å². The third kappa shape index (κ3) is 4.01. The number of ether oxygens (including phenoxy) is 1. The van der Waals surface area contributed by atoms with Gasteiger partial charge < -0.3 is 14.6 Å². The second-order valence-corrected chi connectivity index (χ2v) is 9.05. The first-order chi connectivity index (χ1) is 16.5.